The maximum atomic E-state index is 13.1. The predicted molar refractivity (Wildman–Crippen MR) is 96.3 cm³/mol. The Hall–Kier alpha value is -1.64. The first-order valence-electron chi connectivity index (χ1n) is 8.92. The van der Waals surface area contributed by atoms with Gasteiger partial charge in [-0.2, -0.15) is 0 Å². The van der Waals surface area contributed by atoms with Crippen LogP contribution in [0.1, 0.15) is 43.0 Å². The van der Waals surface area contributed by atoms with Gasteiger partial charge >= 0.3 is 0 Å². The van der Waals surface area contributed by atoms with Crippen LogP contribution in [0, 0.1) is 11.8 Å². The predicted octanol–water partition coefficient (Wildman–Crippen LogP) is 1.36. The van der Waals surface area contributed by atoms with Crippen molar-refractivity contribution < 1.29 is 23.1 Å². The lowest BCUT2D eigenvalue weighted by Gasteiger charge is -2.40. The zero-order valence-electron chi connectivity index (χ0n) is 15.1. The maximum absolute atomic E-state index is 13.1. The van der Waals surface area contributed by atoms with Crippen LogP contribution >= 0.6 is 0 Å². The van der Waals surface area contributed by atoms with Crippen molar-refractivity contribution in [2.75, 3.05) is 20.2 Å². The van der Waals surface area contributed by atoms with E-state index in [1.165, 1.54) is 25.3 Å². The number of carbonyl (C=O) groups excluding carboxylic acids is 1. The van der Waals surface area contributed by atoms with E-state index in [-0.39, 0.29) is 28.2 Å². The van der Waals surface area contributed by atoms with Gasteiger partial charge in [0.05, 0.1) is 23.2 Å². The number of sulfonamides is 1. The fourth-order valence-electron chi connectivity index (χ4n) is 4.43. The SMILES string of the molecule is CC[C@@]1(O)CCCC2CN(C(=O)c3cc(S(N)(=O)=O)ccc3OC)CC21. The molecule has 26 heavy (non-hydrogen) atoms. The van der Waals surface area contributed by atoms with E-state index in [1.54, 1.807) is 4.90 Å². The van der Waals surface area contributed by atoms with Crippen molar-refractivity contribution in [2.24, 2.45) is 17.0 Å². The number of hydrogen-bond donors (Lipinski definition) is 2. The highest BCUT2D eigenvalue weighted by molar-refractivity contribution is 7.89. The maximum Gasteiger partial charge on any atom is 0.257 e. The van der Waals surface area contributed by atoms with Gasteiger partial charge in [-0.15, -0.1) is 0 Å². The Morgan fingerprint density at radius 1 is 1.42 bits per heavy atom. The minimum atomic E-state index is -3.92. The first kappa shape index (κ1) is 19.1. The zero-order valence-corrected chi connectivity index (χ0v) is 16.0. The number of rotatable bonds is 4. The highest BCUT2D eigenvalue weighted by Crippen LogP contribution is 2.44. The first-order chi connectivity index (χ1) is 12.2. The van der Waals surface area contributed by atoms with E-state index in [2.05, 4.69) is 0 Å². The van der Waals surface area contributed by atoms with Gasteiger partial charge in [-0.05, 0) is 43.4 Å². The smallest absolute Gasteiger partial charge is 0.257 e. The molecular formula is C18H26N2O5S. The summed E-state index contributed by atoms with van der Waals surface area (Å²) in [5, 5.41) is 16.1. The van der Waals surface area contributed by atoms with E-state index in [1.807, 2.05) is 6.92 Å². The second-order valence-corrected chi connectivity index (χ2v) is 8.89. The Morgan fingerprint density at radius 2 is 2.15 bits per heavy atom. The fraction of sp³-hybridized carbons (Fsp3) is 0.611. The number of nitrogens with two attached hydrogens (primary N) is 1. The van der Waals surface area contributed by atoms with Gasteiger partial charge in [-0.1, -0.05) is 13.3 Å². The van der Waals surface area contributed by atoms with E-state index in [0.29, 0.717) is 25.3 Å². The average molecular weight is 382 g/mol. The summed E-state index contributed by atoms with van der Waals surface area (Å²) in [5.41, 5.74) is -0.553. The molecule has 0 spiro atoms. The summed E-state index contributed by atoms with van der Waals surface area (Å²) in [7, 11) is -2.48. The molecule has 0 aromatic heterocycles. The second-order valence-electron chi connectivity index (χ2n) is 7.33. The summed E-state index contributed by atoms with van der Waals surface area (Å²) >= 11 is 0. The molecule has 1 saturated carbocycles. The molecule has 7 nitrogen and oxygen atoms in total. The number of carbonyl (C=O) groups is 1. The molecule has 2 fully saturated rings. The van der Waals surface area contributed by atoms with Crippen LogP contribution in [0.15, 0.2) is 23.1 Å². The van der Waals surface area contributed by atoms with Crippen molar-refractivity contribution in [3.63, 3.8) is 0 Å². The monoisotopic (exact) mass is 382 g/mol. The molecule has 1 aliphatic heterocycles. The molecule has 3 N–H and O–H groups in total. The van der Waals surface area contributed by atoms with Gasteiger partial charge in [0.15, 0.2) is 0 Å². The lowest BCUT2D eigenvalue weighted by molar-refractivity contribution is -0.0609. The van der Waals surface area contributed by atoms with E-state index in [4.69, 9.17) is 9.88 Å². The van der Waals surface area contributed by atoms with E-state index in [0.717, 1.165) is 19.3 Å². The topological polar surface area (TPSA) is 110 Å². The van der Waals surface area contributed by atoms with Gasteiger partial charge in [0.25, 0.3) is 5.91 Å². The molecule has 1 amide bonds. The number of amides is 1. The molecule has 3 rings (SSSR count). The lowest BCUT2D eigenvalue weighted by Crippen LogP contribution is -2.44. The molecule has 0 bridgehead atoms. The van der Waals surface area contributed by atoms with Crippen LogP contribution in [0.25, 0.3) is 0 Å². The minimum absolute atomic E-state index is 0.0534. The molecular weight excluding hydrogens is 356 g/mol. The van der Waals surface area contributed by atoms with Crippen molar-refractivity contribution in [3.05, 3.63) is 23.8 Å². The van der Waals surface area contributed by atoms with Gasteiger partial charge < -0.3 is 14.7 Å². The normalized spacial score (nSPS) is 28.7. The fourth-order valence-corrected chi connectivity index (χ4v) is 4.97. The molecule has 8 heteroatoms. The number of nitrogens with zero attached hydrogens (tertiary/aromatic N) is 1. The molecule has 1 aromatic carbocycles. The Balaban J connectivity index is 1.91. The number of ether oxygens (including phenoxy) is 1. The molecule has 3 atom stereocenters. The average Bonchev–Trinajstić information content (AvgIpc) is 3.05. The number of hydrogen-bond acceptors (Lipinski definition) is 5. The molecule has 144 valence electrons. The molecule has 1 saturated heterocycles. The van der Waals surface area contributed by atoms with Gasteiger partial charge in [0.2, 0.25) is 10.0 Å². The molecule has 1 aromatic rings. The largest absolute Gasteiger partial charge is 0.496 e. The summed E-state index contributed by atoms with van der Waals surface area (Å²) in [6.07, 6.45) is 3.38. The lowest BCUT2D eigenvalue weighted by atomic mass is 9.69. The van der Waals surface area contributed by atoms with Gasteiger partial charge in [0, 0.05) is 19.0 Å². The van der Waals surface area contributed by atoms with Gasteiger partial charge in [0.1, 0.15) is 5.75 Å². The standard InChI is InChI=1S/C18H26N2O5S/c1-3-18(22)8-4-5-12-10-20(11-15(12)18)17(21)14-9-13(26(19,23)24)6-7-16(14)25-2/h6-7,9,12,15,22H,3-5,8,10-11H2,1-2H3,(H2,19,23,24)/t12?,15?,18-/m1/s1. The van der Waals surface area contributed by atoms with Gasteiger partial charge in [-0.3, -0.25) is 4.79 Å². The number of primary sulfonamides is 1. The van der Waals surface area contributed by atoms with Crippen LogP contribution in [0.2, 0.25) is 0 Å². The van der Waals surface area contributed by atoms with E-state index < -0.39 is 15.6 Å². The molecule has 2 aliphatic rings. The van der Waals surface area contributed by atoms with Crippen molar-refractivity contribution >= 4 is 15.9 Å². The molecule has 0 radical (unpaired) electrons. The zero-order chi connectivity index (χ0) is 19.1. The van der Waals surface area contributed by atoms with Crippen molar-refractivity contribution in [3.8, 4) is 5.75 Å². The molecule has 1 heterocycles. The van der Waals surface area contributed by atoms with Crippen molar-refractivity contribution in [1.82, 2.24) is 4.90 Å². The van der Waals surface area contributed by atoms with E-state index in [9.17, 15) is 18.3 Å². The van der Waals surface area contributed by atoms with Crippen LogP contribution in [0.3, 0.4) is 0 Å². The highest BCUT2D eigenvalue weighted by atomic mass is 32.2. The van der Waals surface area contributed by atoms with Gasteiger partial charge in [-0.25, -0.2) is 13.6 Å². The summed E-state index contributed by atoms with van der Waals surface area (Å²) in [4.78, 5) is 14.7. The number of benzene rings is 1. The Bertz CT molecular complexity index is 810. The first-order valence-corrected chi connectivity index (χ1v) is 10.5. The summed E-state index contributed by atoms with van der Waals surface area (Å²) in [6.45, 7) is 3.01. The Morgan fingerprint density at radius 3 is 2.77 bits per heavy atom. The number of likely N-dealkylation sites (tertiary alicyclic amines) is 1. The van der Waals surface area contributed by atoms with Crippen LogP contribution in [-0.4, -0.2) is 50.1 Å². The minimum Gasteiger partial charge on any atom is -0.496 e. The highest BCUT2D eigenvalue weighted by Gasteiger charge is 2.49. The third-order valence-electron chi connectivity index (χ3n) is 5.95. The number of fused-ring (bicyclic) bond motifs is 1. The third-order valence-corrected chi connectivity index (χ3v) is 6.86. The van der Waals surface area contributed by atoms with Crippen LogP contribution < -0.4 is 9.88 Å². The van der Waals surface area contributed by atoms with Crippen molar-refractivity contribution in [2.45, 2.75) is 43.1 Å². The summed E-state index contributed by atoms with van der Waals surface area (Å²) in [6, 6.07) is 4.04. The molecule has 2 unspecified atom stereocenters. The van der Waals surface area contributed by atoms with E-state index >= 15 is 0 Å². The quantitative estimate of drug-likeness (QED) is 0.817. The van der Waals surface area contributed by atoms with Crippen LogP contribution in [0.4, 0.5) is 0 Å². The number of aliphatic hydroxyl groups is 1. The second kappa shape index (κ2) is 6.83. The Kier molecular flexibility index (Phi) is 5.02. The van der Waals surface area contributed by atoms with Crippen molar-refractivity contribution in [1.29, 1.82) is 0 Å². The number of methoxy groups -OCH3 is 1. The summed E-state index contributed by atoms with van der Waals surface area (Å²) in [5.74, 6) is 0.339. The summed E-state index contributed by atoms with van der Waals surface area (Å²) < 4.78 is 28.5. The Labute approximate surface area is 154 Å². The van der Waals surface area contributed by atoms with Crippen LogP contribution in [-0.2, 0) is 10.0 Å². The van der Waals surface area contributed by atoms with Crippen LogP contribution in [0.5, 0.6) is 5.75 Å². The third kappa shape index (κ3) is 3.33. The molecule has 1 aliphatic carbocycles.